The molecule has 0 saturated heterocycles. The van der Waals surface area contributed by atoms with E-state index >= 15 is 0 Å². The summed E-state index contributed by atoms with van der Waals surface area (Å²) in [6.45, 7) is 3.53. The van der Waals surface area contributed by atoms with Gasteiger partial charge in [-0.05, 0) is 41.9 Å². The summed E-state index contributed by atoms with van der Waals surface area (Å²) in [5.74, 6) is 0.0630. The highest BCUT2D eigenvalue weighted by atomic mass is 19.1. The van der Waals surface area contributed by atoms with Crippen LogP contribution in [-0.2, 0) is 0 Å². The normalized spacial score (nSPS) is 12.2. The summed E-state index contributed by atoms with van der Waals surface area (Å²) < 4.78 is 18.8. The van der Waals surface area contributed by atoms with Gasteiger partial charge in [-0.1, -0.05) is 17.3 Å². The van der Waals surface area contributed by atoms with Gasteiger partial charge < -0.3 is 5.73 Å². The number of halogens is 1. The average molecular weight is 328 g/mol. The lowest BCUT2D eigenvalue weighted by Gasteiger charge is -1.98. The van der Waals surface area contributed by atoms with Gasteiger partial charge in [-0.3, -0.25) is 0 Å². The minimum Gasteiger partial charge on any atom is -0.378 e. The topological polar surface area (TPSA) is 120 Å². The van der Waals surface area contributed by atoms with Crippen LogP contribution in [0.15, 0.2) is 39.1 Å². The third-order valence-corrected chi connectivity index (χ3v) is 3.22. The molecule has 9 nitrogen and oxygen atoms in total. The van der Waals surface area contributed by atoms with Crippen LogP contribution >= 0.6 is 0 Å². The molecule has 0 aliphatic carbocycles. The zero-order valence-electron chi connectivity index (χ0n) is 12.9. The molecule has 122 valence electrons. The summed E-state index contributed by atoms with van der Waals surface area (Å²) in [4.78, 5) is 0. The van der Waals surface area contributed by atoms with E-state index in [1.54, 1.807) is 26.0 Å². The Hall–Kier alpha value is -3.43. The first-order valence-corrected chi connectivity index (χ1v) is 6.90. The van der Waals surface area contributed by atoms with Crippen molar-refractivity contribution in [3.8, 4) is 5.82 Å². The van der Waals surface area contributed by atoms with Gasteiger partial charge in [0.25, 0.3) is 0 Å². The fourth-order valence-electron chi connectivity index (χ4n) is 1.98. The second-order valence-electron chi connectivity index (χ2n) is 4.89. The second kappa shape index (κ2) is 6.36. The Morgan fingerprint density at radius 2 is 2.04 bits per heavy atom. The van der Waals surface area contributed by atoms with E-state index in [2.05, 4.69) is 35.5 Å². The zero-order chi connectivity index (χ0) is 17.1. The number of hydrogen-bond acceptors (Lipinski definition) is 8. The van der Waals surface area contributed by atoms with Gasteiger partial charge in [0.15, 0.2) is 0 Å². The van der Waals surface area contributed by atoms with E-state index in [1.807, 2.05) is 0 Å². The Balaban J connectivity index is 1.82. The van der Waals surface area contributed by atoms with Crippen LogP contribution in [0.25, 0.3) is 5.82 Å². The Kier molecular flexibility index (Phi) is 4.10. The highest BCUT2D eigenvalue weighted by Gasteiger charge is 2.17. The third kappa shape index (κ3) is 3.02. The van der Waals surface area contributed by atoms with Crippen molar-refractivity contribution in [2.45, 2.75) is 13.8 Å². The number of nitrogens with two attached hydrogens (primary N) is 1. The van der Waals surface area contributed by atoms with Crippen molar-refractivity contribution in [3.05, 3.63) is 47.0 Å². The molecule has 0 saturated carbocycles. The first kappa shape index (κ1) is 15.5. The van der Waals surface area contributed by atoms with Crippen LogP contribution in [0.2, 0.25) is 0 Å². The van der Waals surface area contributed by atoms with Crippen molar-refractivity contribution in [2.24, 2.45) is 10.2 Å². The molecule has 2 N–H and O–H groups in total. The minimum atomic E-state index is -0.305. The lowest BCUT2D eigenvalue weighted by atomic mass is 10.2. The maximum absolute atomic E-state index is 12.8. The fourth-order valence-corrected chi connectivity index (χ4v) is 1.98. The van der Waals surface area contributed by atoms with E-state index in [1.165, 1.54) is 23.0 Å². The van der Waals surface area contributed by atoms with Gasteiger partial charge >= 0.3 is 0 Å². The molecule has 0 bridgehead atoms. The SMILES string of the molecule is CC(=NN=Cc1ccc(F)cc1)c1nnn(-c2nonc2N)c1C. The monoisotopic (exact) mass is 328 g/mol. The third-order valence-electron chi connectivity index (χ3n) is 3.22. The quantitative estimate of drug-likeness (QED) is 0.572. The number of anilines is 1. The predicted molar refractivity (Wildman–Crippen MR) is 84.6 cm³/mol. The summed E-state index contributed by atoms with van der Waals surface area (Å²) >= 11 is 0. The van der Waals surface area contributed by atoms with Crippen LogP contribution in [0.3, 0.4) is 0 Å². The number of benzene rings is 1. The van der Waals surface area contributed by atoms with E-state index in [0.29, 0.717) is 17.1 Å². The van der Waals surface area contributed by atoms with Crippen molar-refractivity contribution in [1.29, 1.82) is 0 Å². The summed E-state index contributed by atoms with van der Waals surface area (Å²) in [6.07, 6.45) is 1.52. The average Bonchev–Trinajstić information content (AvgIpc) is 3.14. The van der Waals surface area contributed by atoms with Gasteiger partial charge in [-0.25, -0.2) is 9.02 Å². The maximum Gasteiger partial charge on any atom is 0.243 e. The molecule has 0 aliphatic rings. The first-order chi connectivity index (χ1) is 11.6. The van der Waals surface area contributed by atoms with Gasteiger partial charge in [0.05, 0.1) is 17.6 Å². The van der Waals surface area contributed by atoms with Crippen molar-refractivity contribution in [1.82, 2.24) is 25.3 Å². The van der Waals surface area contributed by atoms with E-state index in [0.717, 1.165) is 5.56 Å². The number of aromatic nitrogens is 5. The lowest BCUT2D eigenvalue weighted by Crippen LogP contribution is -2.04. The van der Waals surface area contributed by atoms with Gasteiger partial charge in [0, 0.05) is 0 Å². The number of hydrogen-bond donors (Lipinski definition) is 1. The van der Waals surface area contributed by atoms with Crippen LogP contribution in [0.4, 0.5) is 10.2 Å². The molecular formula is C14H13FN8O. The van der Waals surface area contributed by atoms with Crippen molar-refractivity contribution < 1.29 is 9.02 Å². The summed E-state index contributed by atoms with van der Waals surface area (Å²) in [5.41, 5.74) is 8.12. The van der Waals surface area contributed by atoms with Gasteiger partial charge in [0.1, 0.15) is 11.5 Å². The molecule has 3 aromatic rings. The largest absolute Gasteiger partial charge is 0.378 e. The van der Waals surface area contributed by atoms with Crippen molar-refractivity contribution in [3.63, 3.8) is 0 Å². The molecule has 0 aliphatic heterocycles. The highest BCUT2D eigenvalue weighted by molar-refractivity contribution is 5.98. The van der Waals surface area contributed by atoms with E-state index in [-0.39, 0.29) is 17.5 Å². The molecule has 0 radical (unpaired) electrons. The number of nitrogen functional groups attached to an aromatic ring is 1. The predicted octanol–water partition coefficient (Wildman–Crippen LogP) is 1.52. The van der Waals surface area contributed by atoms with E-state index in [9.17, 15) is 4.39 Å². The van der Waals surface area contributed by atoms with E-state index < -0.39 is 0 Å². The highest BCUT2D eigenvalue weighted by Crippen LogP contribution is 2.15. The molecule has 2 heterocycles. The van der Waals surface area contributed by atoms with Gasteiger partial charge in [0.2, 0.25) is 11.6 Å². The molecular weight excluding hydrogens is 315 g/mol. The molecule has 2 aromatic heterocycles. The standard InChI is InChI=1S/C14H13FN8O/c1-8(18-17-7-10-3-5-11(15)6-4-10)12-9(2)23(22-19-12)14-13(16)20-24-21-14/h3-7H,1-2H3,(H2,16,20). The fraction of sp³-hybridized carbons (Fsp3) is 0.143. The van der Waals surface area contributed by atoms with Gasteiger partial charge in [-0.15, -0.1) is 5.10 Å². The number of rotatable bonds is 4. The Morgan fingerprint density at radius 1 is 1.29 bits per heavy atom. The Bertz CT molecular complexity index is 909. The van der Waals surface area contributed by atoms with Crippen LogP contribution < -0.4 is 5.73 Å². The summed E-state index contributed by atoms with van der Waals surface area (Å²) in [7, 11) is 0. The lowest BCUT2D eigenvalue weighted by molar-refractivity contribution is 0.306. The van der Waals surface area contributed by atoms with Gasteiger partial charge in [-0.2, -0.15) is 14.9 Å². The van der Waals surface area contributed by atoms with Crippen LogP contribution in [-0.4, -0.2) is 37.2 Å². The van der Waals surface area contributed by atoms with Crippen LogP contribution in [0.1, 0.15) is 23.9 Å². The smallest absolute Gasteiger partial charge is 0.243 e. The minimum absolute atomic E-state index is 0.110. The Morgan fingerprint density at radius 3 is 2.71 bits per heavy atom. The molecule has 10 heteroatoms. The van der Waals surface area contributed by atoms with E-state index in [4.69, 9.17) is 5.73 Å². The van der Waals surface area contributed by atoms with Crippen LogP contribution in [0, 0.1) is 12.7 Å². The van der Waals surface area contributed by atoms with Crippen molar-refractivity contribution in [2.75, 3.05) is 5.73 Å². The molecule has 0 atom stereocenters. The molecule has 1 aromatic carbocycles. The second-order valence-corrected chi connectivity index (χ2v) is 4.89. The van der Waals surface area contributed by atoms with Crippen molar-refractivity contribution >= 4 is 17.7 Å². The molecule has 24 heavy (non-hydrogen) atoms. The maximum atomic E-state index is 12.8. The Labute approximate surface area is 135 Å². The molecule has 0 spiro atoms. The number of nitrogens with zero attached hydrogens (tertiary/aromatic N) is 7. The summed E-state index contributed by atoms with van der Waals surface area (Å²) in [5, 5.41) is 23.2. The first-order valence-electron chi connectivity index (χ1n) is 6.90. The molecule has 0 amide bonds. The van der Waals surface area contributed by atoms with Crippen LogP contribution in [0.5, 0.6) is 0 Å². The zero-order valence-corrected chi connectivity index (χ0v) is 12.9. The molecule has 0 fully saturated rings. The summed E-state index contributed by atoms with van der Waals surface area (Å²) in [6, 6.07) is 5.91. The molecule has 0 unspecified atom stereocenters. The molecule has 3 rings (SSSR count).